The van der Waals surface area contributed by atoms with E-state index in [9.17, 15) is 0 Å². The monoisotopic (exact) mass is 198 g/mol. The van der Waals surface area contributed by atoms with Crippen molar-refractivity contribution < 1.29 is 19.5 Å². The Balaban J connectivity index is -0.0000000286. The summed E-state index contributed by atoms with van der Waals surface area (Å²) in [4.78, 5) is 0. The van der Waals surface area contributed by atoms with E-state index in [1.165, 1.54) is 12.8 Å². The molecule has 0 aromatic carbocycles. The molecule has 0 aliphatic heterocycles. The summed E-state index contributed by atoms with van der Waals surface area (Å²) in [6.07, 6.45) is 3.65. The van der Waals surface area contributed by atoms with Gasteiger partial charge in [-0.3, -0.25) is 6.58 Å². The molecule has 0 amide bonds. The molecule has 0 unspecified atom stereocenters. The summed E-state index contributed by atoms with van der Waals surface area (Å²) in [6, 6.07) is 0. The maximum absolute atomic E-state index is 4.25. The van der Waals surface area contributed by atoms with Gasteiger partial charge in [0.05, 0.1) is 0 Å². The minimum absolute atomic E-state index is 0. The van der Waals surface area contributed by atoms with Crippen molar-refractivity contribution in [3.05, 3.63) is 20.1 Å². The number of hydrogen-bond donors (Lipinski definition) is 0. The molecule has 0 spiro atoms. The third-order valence-electron chi connectivity index (χ3n) is 0.604. The summed E-state index contributed by atoms with van der Waals surface area (Å²) in [5.74, 6) is 0. The van der Waals surface area contributed by atoms with Gasteiger partial charge < -0.3 is 13.5 Å². The van der Waals surface area contributed by atoms with Crippen molar-refractivity contribution >= 4 is 12.4 Å². The molecule has 0 bridgehead atoms. The van der Waals surface area contributed by atoms with Gasteiger partial charge in [0.1, 0.15) is 0 Å². The van der Waals surface area contributed by atoms with Gasteiger partial charge in [0.15, 0.2) is 0 Å². The number of rotatable bonds is 2. The fourth-order valence-electron chi connectivity index (χ4n) is 0.250. The molecule has 0 aromatic rings. The van der Waals surface area contributed by atoms with Crippen LogP contribution in [0, 0.1) is 13.5 Å². The maximum Gasteiger partial charge on any atom is 2.00 e. The molecule has 0 aliphatic carbocycles. The van der Waals surface area contributed by atoms with Crippen molar-refractivity contribution in [2.45, 2.75) is 26.2 Å². The van der Waals surface area contributed by atoms with Crippen molar-refractivity contribution in [3.8, 4) is 0 Å². The van der Waals surface area contributed by atoms with Crippen molar-refractivity contribution in [3.63, 3.8) is 0 Å². The van der Waals surface area contributed by atoms with E-state index < -0.39 is 0 Å². The van der Waals surface area contributed by atoms with Crippen LogP contribution in [0.2, 0.25) is 0 Å². The fraction of sp³-hybridized carbons (Fsp3) is 0.571. The molecule has 0 radical (unpaired) electrons. The first-order valence-corrected chi connectivity index (χ1v) is 2.62. The average molecular weight is 200 g/mol. The van der Waals surface area contributed by atoms with Crippen LogP contribution in [0.1, 0.15) is 26.2 Å². The van der Waals surface area contributed by atoms with Crippen LogP contribution in [0.3, 0.4) is 0 Å². The molecule has 0 N–H and O–H groups in total. The summed E-state index contributed by atoms with van der Waals surface area (Å²) < 4.78 is 0. The second-order valence-corrected chi connectivity index (χ2v) is 1.21. The summed E-state index contributed by atoms with van der Waals surface area (Å²) >= 11 is 0. The molecule has 9 heavy (non-hydrogen) atoms. The number of unbranched alkanes of at least 4 members (excludes halogenated alkanes) is 2. The molecule has 0 atom stereocenters. The fourth-order valence-corrected chi connectivity index (χ4v) is 0.250. The van der Waals surface area contributed by atoms with E-state index in [1.807, 2.05) is 0 Å². The first-order valence-electron chi connectivity index (χ1n) is 2.62. The van der Waals surface area contributed by atoms with Crippen LogP contribution < -0.4 is 0 Å². The van der Waals surface area contributed by atoms with Gasteiger partial charge in [-0.1, -0.05) is 19.8 Å². The maximum atomic E-state index is 4.25. The van der Waals surface area contributed by atoms with Crippen LogP contribution in [0.25, 0.3) is 0 Å². The quantitative estimate of drug-likeness (QED) is 0.474. The van der Waals surface area contributed by atoms with E-state index in [4.69, 9.17) is 0 Å². The first-order chi connectivity index (χ1) is 3.41. The SMILES string of the molecule is Cl.[CH-]=C.[CH2-]CCCC.[Zn+2]. The van der Waals surface area contributed by atoms with Gasteiger partial charge in [-0.15, -0.1) is 12.4 Å². The predicted molar refractivity (Wildman–Crippen MR) is 42.1 cm³/mol. The molecular weight excluding hydrogens is 185 g/mol. The van der Waals surface area contributed by atoms with Crippen LogP contribution in [0.5, 0.6) is 0 Å². The Morgan fingerprint density at radius 2 is 1.78 bits per heavy atom. The zero-order valence-electron chi connectivity index (χ0n) is 6.23. The van der Waals surface area contributed by atoms with Crippen molar-refractivity contribution in [1.82, 2.24) is 0 Å². The first kappa shape index (κ1) is 22.6. The van der Waals surface area contributed by atoms with E-state index >= 15 is 0 Å². The van der Waals surface area contributed by atoms with Crippen molar-refractivity contribution in [2.24, 2.45) is 0 Å². The summed E-state index contributed by atoms with van der Waals surface area (Å²) in [7, 11) is 0. The van der Waals surface area contributed by atoms with E-state index in [1.54, 1.807) is 0 Å². The van der Waals surface area contributed by atoms with Gasteiger partial charge in [-0.25, -0.2) is 0 Å². The summed E-state index contributed by atoms with van der Waals surface area (Å²) in [6.45, 7) is 12.8. The molecule has 0 fully saturated rings. The van der Waals surface area contributed by atoms with Crippen LogP contribution in [-0.4, -0.2) is 0 Å². The second-order valence-electron chi connectivity index (χ2n) is 1.21. The topological polar surface area (TPSA) is 0 Å². The Morgan fingerprint density at radius 1 is 1.44 bits per heavy atom. The molecule has 0 heterocycles. The minimum atomic E-state index is 0. The van der Waals surface area contributed by atoms with Crippen molar-refractivity contribution in [2.75, 3.05) is 0 Å². The molecule has 0 saturated carbocycles. The molecule has 52 valence electrons. The van der Waals surface area contributed by atoms with E-state index in [0.29, 0.717) is 0 Å². The van der Waals surface area contributed by atoms with Gasteiger partial charge in [-0.05, 0) is 0 Å². The Morgan fingerprint density at radius 3 is 1.78 bits per heavy atom. The van der Waals surface area contributed by atoms with Crippen LogP contribution in [-0.2, 0) is 19.5 Å². The predicted octanol–water partition coefficient (Wildman–Crippen LogP) is 3.04. The Bertz CT molecular complexity index is 22.9. The van der Waals surface area contributed by atoms with E-state index in [-0.39, 0.29) is 31.9 Å². The number of hydrogen-bond acceptors (Lipinski definition) is 0. The molecule has 0 rings (SSSR count). The van der Waals surface area contributed by atoms with Gasteiger partial charge in [0, 0.05) is 0 Å². The largest absolute Gasteiger partial charge is 2.00 e. The molecule has 0 saturated heterocycles. The van der Waals surface area contributed by atoms with Gasteiger partial charge in [0.2, 0.25) is 0 Å². The Labute approximate surface area is 78.3 Å². The molecule has 0 aliphatic rings. The molecular formula is C7H15ClZn. The zero-order valence-corrected chi connectivity index (χ0v) is 10.0. The van der Waals surface area contributed by atoms with Crippen LogP contribution >= 0.6 is 12.4 Å². The summed E-state index contributed by atoms with van der Waals surface area (Å²) in [5, 5.41) is 0. The zero-order chi connectivity index (χ0) is 6.12. The van der Waals surface area contributed by atoms with E-state index in [0.717, 1.165) is 6.42 Å². The third kappa shape index (κ3) is 54.4. The average Bonchev–Trinajstić information content (AvgIpc) is 1.75. The normalized spacial score (nSPS) is 5.11. The van der Waals surface area contributed by atoms with Gasteiger partial charge in [-0.2, -0.15) is 6.42 Å². The van der Waals surface area contributed by atoms with Gasteiger partial charge in [0.25, 0.3) is 0 Å². The van der Waals surface area contributed by atoms with E-state index in [2.05, 4.69) is 27.0 Å². The number of halogens is 1. The van der Waals surface area contributed by atoms with Crippen LogP contribution in [0.4, 0.5) is 0 Å². The smallest absolute Gasteiger partial charge is 0.521 e. The Kier molecular flexibility index (Phi) is 95.4. The van der Waals surface area contributed by atoms with Crippen LogP contribution in [0.15, 0.2) is 6.58 Å². The molecule has 2 heteroatoms. The second kappa shape index (κ2) is 38.0. The van der Waals surface area contributed by atoms with Crippen molar-refractivity contribution in [1.29, 1.82) is 0 Å². The molecule has 0 aromatic heterocycles. The summed E-state index contributed by atoms with van der Waals surface area (Å²) in [5.41, 5.74) is 0. The molecule has 0 nitrogen and oxygen atoms in total. The minimum Gasteiger partial charge on any atom is -0.521 e. The Hall–Kier alpha value is 0.653. The third-order valence-corrected chi connectivity index (χ3v) is 0.604. The van der Waals surface area contributed by atoms with Gasteiger partial charge >= 0.3 is 19.5 Å². The standard InChI is InChI=1S/C5H11.C2H3.ClH.Zn/c1-3-5-4-2;1-2;;/h1,3-5H2,2H3;1H,2H2;1H;/q2*-1;;+2.